The van der Waals surface area contributed by atoms with Crippen LogP contribution in [0.4, 0.5) is 4.79 Å². The van der Waals surface area contributed by atoms with Crippen molar-refractivity contribution >= 4 is 6.09 Å². The van der Waals surface area contributed by atoms with E-state index < -0.39 is 5.69 Å². The second-order valence-corrected chi connectivity index (χ2v) is 11.1. The van der Waals surface area contributed by atoms with E-state index >= 15 is 0 Å². The number of carbonyl (C=O) groups is 1. The summed E-state index contributed by atoms with van der Waals surface area (Å²) in [5, 5.41) is 2.70. The topological polar surface area (TPSA) is 104 Å². The Balaban J connectivity index is 0.000000294. The maximum atomic E-state index is 12.4. The first-order valence-electron chi connectivity index (χ1n) is 16.2. The van der Waals surface area contributed by atoms with Crippen LogP contribution in [0.3, 0.4) is 0 Å². The number of nitrogens with one attached hydrogen (secondary N) is 1. The SMILES string of the molecule is CCC(OC)n1ccc(=O)n(Cc2ccccn2)c1=O.CCCCCCCCCCCCCCCC1CCNC(=O)O1. The average molecular weight is 587 g/mol. The predicted octanol–water partition coefficient (Wildman–Crippen LogP) is 6.97. The van der Waals surface area contributed by atoms with Gasteiger partial charge in [-0.05, 0) is 31.4 Å². The van der Waals surface area contributed by atoms with E-state index in [4.69, 9.17) is 9.47 Å². The van der Waals surface area contributed by atoms with Crippen molar-refractivity contribution in [2.24, 2.45) is 0 Å². The number of carbonyl (C=O) groups excluding carboxylic acids is 1. The Morgan fingerprint density at radius 1 is 0.929 bits per heavy atom. The van der Waals surface area contributed by atoms with Crippen LogP contribution in [-0.4, -0.2) is 40.0 Å². The van der Waals surface area contributed by atoms with Crippen LogP contribution in [0.2, 0.25) is 0 Å². The molecule has 1 aliphatic heterocycles. The van der Waals surface area contributed by atoms with Gasteiger partial charge in [-0.2, -0.15) is 0 Å². The lowest BCUT2D eigenvalue weighted by atomic mass is 10.0. The fraction of sp³-hybridized carbons (Fsp3) is 0.697. The molecule has 0 radical (unpaired) electrons. The van der Waals surface area contributed by atoms with Crippen molar-refractivity contribution in [2.45, 2.75) is 135 Å². The van der Waals surface area contributed by atoms with E-state index in [1.165, 1.54) is 107 Å². The number of rotatable bonds is 19. The van der Waals surface area contributed by atoms with Gasteiger partial charge in [0.1, 0.15) is 12.3 Å². The number of cyclic esters (lactones) is 1. The number of unbranched alkanes of at least 4 members (excludes halogenated alkanes) is 12. The van der Waals surface area contributed by atoms with Gasteiger partial charge in [-0.3, -0.25) is 18.9 Å². The van der Waals surface area contributed by atoms with Crippen LogP contribution in [0.5, 0.6) is 0 Å². The molecule has 2 unspecified atom stereocenters. The highest BCUT2D eigenvalue weighted by Gasteiger charge is 2.18. The lowest BCUT2D eigenvalue weighted by Gasteiger charge is -2.22. The monoisotopic (exact) mass is 586 g/mol. The van der Waals surface area contributed by atoms with E-state index in [0.717, 1.165) is 24.0 Å². The van der Waals surface area contributed by atoms with Crippen molar-refractivity contribution < 1.29 is 14.3 Å². The molecule has 3 rings (SSSR count). The molecule has 236 valence electrons. The molecule has 0 bridgehead atoms. The second-order valence-electron chi connectivity index (χ2n) is 11.1. The predicted molar refractivity (Wildman–Crippen MR) is 168 cm³/mol. The second kappa shape index (κ2) is 21.7. The van der Waals surface area contributed by atoms with Crippen molar-refractivity contribution in [2.75, 3.05) is 13.7 Å². The Bertz CT molecular complexity index is 1100. The fourth-order valence-electron chi connectivity index (χ4n) is 5.21. The van der Waals surface area contributed by atoms with E-state index in [2.05, 4.69) is 17.2 Å². The third kappa shape index (κ3) is 13.8. The molecule has 9 nitrogen and oxygen atoms in total. The number of alkyl carbamates (subject to hydrolysis) is 1. The Kier molecular flexibility index (Phi) is 18.2. The first kappa shape index (κ1) is 35.3. The molecule has 0 aromatic carbocycles. The number of ether oxygens (including phenoxy) is 2. The molecule has 2 atom stereocenters. The number of nitrogens with zero attached hydrogens (tertiary/aromatic N) is 3. The lowest BCUT2D eigenvalue weighted by Crippen LogP contribution is -2.41. The van der Waals surface area contributed by atoms with Crippen molar-refractivity contribution in [3.05, 3.63) is 63.2 Å². The average Bonchev–Trinajstić information content (AvgIpc) is 3.00. The molecule has 1 N–H and O–H groups in total. The normalized spacial score (nSPS) is 15.3. The molecule has 1 saturated heterocycles. The van der Waals surface area contributed by atoms with Gasteiger partial charge in [-0.25, -0.2) is 9.59 Å². The third-order valence-electron chi connectivity index (χ3n) is 7.71. The minimum Gasteiger partial charge on any atom is -0.446 e. The van der Waals surface area contributed by atoms with Crippen LogP contribution < -0.4 is 16.6 Å². The Morgan fingerprint density at radius 3 is 2.12 bits per heavy atom. The van der Waals surface area contributed by atoms with Gasteiger partial charge in [0.05, 0.1) is 12.2 Å². The number of hydrogen-bond donors (Lipinski definition) is 1. The van der Waals surface area contributed by atoms with Crippen LogP contribution >= 0.6 is 0 Å². The summed E-state index contributed by atoms with van der Waals surface area (Å²) in [6, 6.07) is 6.75. The Labute approximate surface area is 252 Å². The highest BCUT2D eigenvalue weighted by atomic mass is 16.6. The van der Waals surface area contributed by atoms with Crippen molar-refractivity contribution in [3.8, 4) is 0 Å². The molecule has 2 aromatic heterocycles. The number of amides is 1. The molecule has 1 amide bonds. The molecular formula is C33H54N4O5. The first-order valence-corrected chi connectivity index (χ1v) is 16.2. The summed E-state index contributed by atoms with van der Waals surface area (Å²) in [4.78, 5) is 39.5. The number of pyridine rings is 1. The minimum absolute atomic E-state index is 0.152. The van der Waals surface area contributed by atoms with Crippen LogP contribution in [-0.2, 0) is 16.0 Å². The number of aromatic nitrogens is 3. The maximum absolute atomic E-state index is 12.4. The van der Waals surface area contributed by atoms with Gasteiger partial charge in [-0.1, -0.05) is 97.0 Å². The van der Waals surface area contributed by atoms with E-state index in [-0.39, 0.29) is 30.5 Å². The van der Waals surface area contributed by atoms with Gasteiger partial charge >= 0.3 is 11.8 Å². The van der Waals surface area contributed by atoms with Crippen LogP contribution in [0.25, 0.3) is 0 Å². The summed E-state index contributed by atoms with van der Waals surface area (Å²) < 4.78 is 13.1. The van der Waals surface area contributed by atoms with Gasteiger partial charge in [-0.15, -0.1) is 0 Å². The van der Waals surface area contributed by atoms with Gasteiger partial charge < -0.3 is 14.8 Å². The number of methoxy groups -OCH3 is 1. The molecule has 42 heavy (non-hydrogen) atoms. The molecule has 3 heterocycles. The molecule has 2 aromatic rings. The summed E-state index contributed by atoms with van der Waals surface area (Å²) in [6.07, 6.45) is 23.3. The fourth-order valence-corrected chi connectivity index (χ4v) is 5.21. The summed E-state index contributed by atoms with van der Waals surface area (Å²) >= 11 is 0. The summed E-state index contributed by atoms with van der Waals surface area (Å²) in [5.41, 5.74) is -0.0744. The molecule has 0 saturated carbocycles. The first-order chi connectivity index (χ1) is 20.5. The zero-order valence-electron chi connectivity index (χ0n) is 26.2. The van der Waals surface area contributed by atoms with Crippen LogP contribution in [0.15, 0.2) is 46.2 Å². The molecule has 1 aliphatic rings. The maximum Gasteiger partial charge on any atom is 0.407 e. The van der Waals surface area contributed by atoms with Crippen LogP contribution in [0, 0.1) is 0 Å². The van der Waals surface area contributed by atoms with Crippen LogP contribution in [0.1, 0.15) is 129 Å². The summed E-state index contributed by atoms with van der Waals surface area (Å²) in [5.74, 6) is 0. The van der Waals surface area contributed by atoms with Crippen molar-refractivity contribution in [3.63, 3.8) is 0 Å². The molecule has 0 spiro atoms. The van der Waals surface area contributed by atoms with Crippen molar-refractivity contribution in [1.82, 2.24) is 19.4 Å². The molecular weight excluding hydrogens is 532 g/mol. The Hall–Kier alpha value is -2.94. The van der Waals surface area contributed by atoms with E-state index in [1.54, 1.807) is 18.3 Å². The highest BCUT2D eigenvalue weighted by molar-refractivity contribution is 5.67. The minimum atomic E-state index is -0.392. The summed E-state index contributed by atoms with van der Waals surface area (Å²) in [7, 11) is 1.54. The standard InChI is InChI=1S/C19H37NO2.C14H17N3O3/c1-2-3-4-5-6-7-8-9-10-11-12-13-14-15-18-16-17-20-19(21)22-18;1-3-13(20-2)16-9-7-12(18)17(14(16)19)10-11-6-4-5-8-15-11/h18H,2-17H2,1H3,(H,20,21);4-9,13H,3,10H2,1-2H3. The number of hydrogen-bond acceptors (Lipinski definition) is 6. The zero-order valence-corrected chi connectivity index (χ0v) is 26.2. The van der Waals surface area contributed by atoms with E-state index in [0.29, 0.717) is 12.1 Å². The van der Waals surface area contributed by atoms with E-state index in [1.807, 2.05) is 13.0 Å². The molecule has 1 fully saturated rings. The quantitative estimate of drug-likeness (QED) is 0.178. The van der Waals surface area contributed by atoms with Gasteiger partial charge in [0, 0.05) is 38.5 Å². The Morgan fingerprint density at radius 2 is 1.57 bits per heavy atom. The smallest absolute Gasteiger partial charge is 0.407 e. The molecule has 9 heteroatoms. The van der Waals surface area contributed by atoms with Gasteiger partial charge in [0.25, 0.3) is 5.56 Å². The molecule has 0 aliphatic carbocycles. The summed E-state index contributed by atoms with van der Waals surface area (Å²) in [6.45, 7) is 5.12. The van der Waals surface area contributed by atoms with Gasteiger partial charge in [0.2, 0.25) is 0 Å². The van der Waals surface area contributed by atoms with E-state index in [9.17, 15) is 14.4 Å². The van der Waals surface area contributed by atoms with Gasteiger partial charge in [0.15, 0.2) is 0 Å². The lowest BCUT2D eigenvalue weighted by molar-refractivity contribution is 0.0358. The third-order valence-corrected chi connectivity index (χ3v) is 7.71. The zero-order chi connectivity index (χ0) is 30.4. The van der Waals surface area contributed by atoms with Crippen molar-refractivity contribution in [1.29, 1.82) is 0 Å². The largest absolute Gasteiger partial charge is 0.446 e. The highest BCUT2D eigenvalue weighted by Crippen LogP contribution is 2.16.